The molecular formula is C15H21N5S. The predicted octanol–water partition coefficient (Wildman–Crippen LogP) is 3.09. The van der Waals surface area contributed by atoms with Crippen molar-refractivity contribution in [3.8, 4) is 0 Å². The minimum atomic E-state index is 0.507. The van der Waals surface area contributed by atoms with Crippen molar-refractivity contribution in [2.45, 2.75) is 24.4 Å². The number of nitrogens with two attached hydrogens (primary N) is 1. The molecule has 0 amide bonds. The quantitative estimate of drug-likeness (QED) is 0.316. The van der Waals surface area contributed by atoms with Gasteiger partial charge in [-0.25, -0.2) is 15.8 Å². The molecule has 0 radical (unpaired) electrons. The molecule has 0 aliphatic carbocycles. The lowest BCUT2D eigenvalue weighted by Crippen LogP contribution is -2.12. The van der Waals surface area contributed by atoms with Gasteiger partial charge in [-0.1, -0.05) is 49.0 Å². The molecule has 0 aliphatic rings. The predicted molar refractivity (Wildman–Crippen MR) is 89.6 cm³/mol. The average molecular weight is 303 g/mol. The fourth-order valence-corrected chi connectivity index (χ4v) is 2.43. The lowest BCUT2D eigenvalue weighted by Gasteiger charge is -2.13. The molecule has 0 saturated carbocycles. The van der Waals surface area contributed by atoms with Crippen molar-refractivity contribution in [1.82, 2.24) is 9.97 Å². The molecule has 0 bridgehead atoms. The molecule has 1 aromatic carbocycles. The molecule has 2 rings (SSSR count). The van der Waals surface area contributed by atoms with Crippen LogP contribution < -0.4 is 16.6 Å². The number of nitrogens with one attached hydrogen (secondary N) is 2. The summed E-state index contributed by atoms with van der Waals surface area (Å²) < 4.78 is 0. The second kappa shape index (κ2) is 7.85. The molecule has 112 valence electrons. The minimum absolute atomic E-state index is 0.507. The number of nitrogens with zero attached hydrogens (tertiary/aromatic N) is 2. The van der Waals surface area contributed by atoms with Crippen LogP contribution in [0.2, 0.25) is 0 Å². The van der Waals surface area contributed by atoms with E-state index in [-0.39, 0.29) is 0 Å². The Bertz CT molecular complexity index is 539. The summed E-state index contributed by atoms with van der Waals surface area (Å²) in [4.78, 5) is 8.65. The minimum Gasteiger partial charge on any atom is -0.370 e. The summed E-state index contributed by atoms with van der Waals surface area (Å²) >= 11 is 1.49. The van der Waals surface area contributed by atoms with Crippen molar-refractivity contribution in [2.75, 3.05) is 23.5 Å². The number of aromatic nitrogens is 2. The number of anilines is 2. The van der Waals surface area contributed by atoms with E-state index in [0.29, 0.717) is 16.9 Å². The molecule has 0 aliphatic heterocycles. The normalized spacial score (nSPS) is 12.0. The van der Waals surface area contributed by atoms with E-state index in [1.54, 1.807) is 0 Å². The van der Waals surface area contributed by atoms with E-state index in [2.05, 4.69) is 51.9 Å². The van der Waals surface area contributed by atoms with Crippen molar-refractivity contribution < 1.29 is 0 Å². The third-order valence-corrected chi connectivity index (χ3v) is 3.84. The van der Waals surface area contributed by atoms with Gasteiger partial charge in [-0.15, -0.1) is 0 Å². The van der Waals surface area contributed by atoms with Crippen LogP contribution in [-0.2, 0) is 0 Å². The van der Waals surface area contributed by atoms with Crippen LogP contribution in [0.1, 0.15) is 24.8 Å². The van der Waals surface area contributed by atoms with E-state index in [1.165, 1.54) is 17.3 Å². The molecule has 1 aromatic heterocycles. The Morgan fingerprint density at radius 3 is 2.57 bits per heavy atom. The maximum absolute atomic E-state index is 5.42. The molecule has 2 aromatic rings. The van der Waals surface area contributed by atoms with Crippen LogP contribution in [0.15, 0.2) is 41.6 Å². The van der Waals surface area contributed by atoms with E-state index >= 15 is 0 Å². The Labute approximate surface area is 129 Å². The molecule has 1 heterocycles. The summed E-state index contributed by atoms with van der Waals surface area (Å²) in [5, 5.41) is 4.03. The number of thioether (sulfide) groups is 1. The number of hydrazine groups is 1. The SMILES string of the molecule is CSc1nc(NN)cc(NCCC(C)c2ccccc2)n1. The van der Waals surface area contributed by atoms with Crippen LogP contribution in [0.4, 0.5) is 11.6 Å². The average Bonchev–Trinajstić information content (AvgIpc) is 2.55. The summed E-state index contributed by atoms with van der Waals surface area (Å²) in [7, 11) is 0. The zero-order valence-corrected chi connectivity index (χ0v) is 13.2. The fourth-order valence-electron chi connectivity index (χ4n) is 2.05. The first-order valence-corrected chi connectivity index (χ1v) is 8.14. The third kappa shape index (κ3) is 4.61. The Balaban J connectivity index is 1.91. The third-order valence-electron chi connectivity index (χ3n) is 3.29. The molecule has 4 N–H and O–H groups in total. The maximum Gasteiger partial charge on any atom is 0.191 e. The van der Waals surface area contributed by atoms with Gasteiger partial charge in [0, 0.05) is 12.6 Å². The smallest absolute Gasteiger partial charge is 0.191 e. The highest BCUT2D eigenvalue weighted by atomic mass is 32.2. The van der Waals surface area contributed by atoms with Crippen molar-refractivity contribution in [3.63, 3.8) is 0 Å². The highest BCUT2D eigenvalue weighted by molar-refractivity contribution is 7.98. The van der Waals surface area contributed by atoms with Crippen molar-refractivity contribution in [1.29, 1.82) is 0 Å². The second-order valence-corrected chi connectivity index (χ2v) is 5.57. The molecule has 1 atom stereocenters. The lowest BCUT2D eigenvalue weighted by molar-refractivity contribution is 0.704. The van der Waals surface area contributed by atoms with E-state index in [4.69, 9.17) is 5.84 Å². The number of hydrogen-bond donors (Lipinski definition) is 3. The maximum atomic E-state index is 5.42. The van der Waals surface area contributed by atoms with Gasteiger partial charge in [-0.2, -0.15) is 0 Å². The van der Waals surface area contributed by atoms with Gasteiger partial charge in [-0.05, 0) is 24.2 Å². The van der Waals surface area contributed by atoms with Gasteiger partial charge < -0.3 is 10.7 Å². The largest absolute Gasteiger partial charge is 0.370 e. The van der Waals surface area contributed by atoms with Crippen molar-refractivity contribution in [2.24, 2.45) is 5.84 Å². The molecular weight excluding hydrogens is 282 g/mol. The van der Waals surface area contributed by atoms with Crippen LogP contribution >= 0.6 is 11.8 Å². The fraction of sp³-hybridized carbons (Fsp3) is 0.333. The number of rotatable bonds is 7. The standard InChI is InChI=1S/C15H21N5S/c1-11(12-6-4-3-5-7-12)8-9-17-13-10-14(20-16)19-15(18-13)21-2/h3-7,10-11H,8-9,16H2,1-2H3,(H2,17,18,19,20). The van der Waals surface area contributed by atoms with E-state index in [9.17, 15) is 0 Å². The van der Waals surface area contributed by atoms with Gasteiger partial charge in [0.25, 0.3) is 0 Å². The summed E-state index contributed by atoms with van der Waals surface area (Å²) in [5.41, 5.74) is 3.92. The number of hydrogen-bond acceptors (Lipinski definition) is 6. The van der Waals surface area contributed by atoms with Crippen LogP contribution in [0.5, 0.6) is 0 Å². The monoisotopic (exact) mass is 303 g/mol. The van der Waals surface area contributed by atoms with E-state index < -0.39 is 0 Å². The van der Waals surface area contributed by atoms with Gasteiger partial charge in [0.2, 0.25) is 0 Å². The highest BCUT2D eigenvalue weighted by Gasteiger charge is 2.06. The number of nitrogen functional groups attached to an aromatic ring is 1. The second-order valence-electron chi connectivity index (χ2n) is 4.80. The van der Waals surface area contributed by atoms with E-state index in [0.717, 1.165) is 18.8 Å². The van der Waals surface area contributed by atoms with E-state index in [1.807, 2.05) is 18.4 Å². The van der Waals surface area contributed by atoms with Crippen molar-refractivity contribution in [3.05, 3.63) is 42.0 Å². The van der Waals surface area contributed by atoms with Crippen LogP contribution in [0.25, 0.3) is 0 Å². The first-order chi connectivity index (χ1) is 10.2. The Morgan fingerprint density at radius 1 is 1.19 bits per heavy atom. The zero-order chi connectivity index (χ0) is 15.1. The summed E-state index contributed by atoms with van der Waals surface area (Å²) in [6, 6.07) is 12.3. The van der Waals surface area contributed by atoms with Gasteiger partial charge in [-0.3, -0.25) is 0 Å². The molecule has 6 heteroatoms. The summed E-state index contributed by atoms with van der Waals surface area (Å²) in [6.45, 7) is 3.09. The lowest BCUT2D eigenvalue weighted by atomic mass is 9.98. The topological polar surface area (TPSA) is 75.9 Å². The Kier molecular flexibility index (Phi) is 5.83. The molecule has 0 saturated heterocycles. The highest BCUT2D eigenvalue weighted by Crippen LogP contribution is 2.20. The molecule has 1 unspecified atom stereocenters. The van der Waals surface area contributed by atoms with Gasteiger partial charge in [0.1, 0.15) is 11.6 Å². The van der Waals surface area contributed by atoms with Crippen LogP contribution in [0, 0.1) is 0 Å². The molecule has 5 nitrogen and oxygen atoms in total. The van der Waals surface area contributed by atoms with Gasteiger partial charge in [0.15, 0.2) is 5.16 Å². The van der Waals surface area contributed by atoms with Gasteiger partial charge >= 0.3 is 0 Å². The van der Waals surface area contributed by atoms with Gasteiger partial charge in [0.05, 0.1) is 0 Å². The summed E-state index contributed by atoms with van der Waals surface area (Å²) in [6.07, 6.45) is 2.98. The molecule has 21 heavy (non-hydrogen) atoms. The molecule has 0 fully saturated rings. The summed E-state index contributed by atoms with van der Waals surface area (Å²) in [5.74, 6) is 7.34. The van der Waals surface area contributed by atoms with Crippen LogP contribution in [-0.4, -0.2) is 22.8 Å². The Hall–Kier alpha value is -1.79. The Morgan fingerprint density at radius 2 is 1.90 bits per heavy atom. The van der Waals surface area contributed by atoms with Crippen LogP contribution in [0.3, 0.4) is 0 Å². The first kappa shape index (κ1) is 15.6. The first-order valence-electron chi connectivity index (χ1n) is 6.91. The number of benzene rings is 1. The zero-order valence-electron chi connectivity index (χ0n) is 12.3. The van der Waals surface area contributed by atoms with Crippen molar-refractivity contribution >= 4 is 23.4 Å². The molecule has 0 spiro atoms.